The van der Waals surface area contributed by atoms with Gasteiger partial charge in [-0.3, -0.25) is 9.59 Å². The van der Waals surface area contributed by atoms with Gasteiger partial charge in [0.1, 0.15) is 11.8 Å². The molecule has 4 N–H and O–H groups in total. The van der Waals surface area contributed by atoms with E-state index in [1.165, 1.54) is 7.11 Å². The van der Waals surface area contributed by atoms with E-state index in [4.69, 9.17) is 25.1 Å². The minimum Gasteiger partial charge on any atom is -0.475 e. The average Bonchev–Trinajstić information content (AvgIpc) is 2.82. The minimum atomic E-state index is -5.08. The van der Waals surface area contributed by atoms with Gasteiger partial charge in [0.05, 0.1) is 25.7 Å². The molecular weight excluding hydrogens is 529 g/mol. The molecule has 1 aromatic carbocycles. The molecule has 0 saturated carbocycles. The summed E-state index contributed by atoms with van der Waals surface area (Å²) < 4.78 is 46.7. The number of hydrogen-bond acceptors (Lipinski definition) is 9. The van der Waals surface area contributed by atoms with E-state index in [-0.39, 0.29) is 36.2 Å². The molecule has 0 radical (unpaired) electrons. The Morgan fingerprint density at radius 2 is 1.56 bits per heavy atom. The fraction of sp³-hybridized carbons (Fsp3) is 0.480. The second-order valence-electron chi connectivity index (χ2n) is 8.71. The van der Waals surface area contributed by atoms with Crippen molar-refractivity contribution in [2.24, 2.45) is 11.7 Å². The van der Waals surface area contributed by atoms with Gasteiger partial charge in [-0.05, 0) is 37.5 Å². The number of nitrogens with one attached hydrogen (secondary N) is 1. The van der Waals surface area contributed by atoms with Crippen molar-refractivity contribution < 1.29 is 56.5 Å². The predicted molar refractivity (Wildman–Crippen MR) is 131 cm³/mol. The lowest BCUT2D eigenvalue weighted by Crippen LogP contribution is -2.51. The number of esters is 3. The Labute approximate surface area is 223 Å². The number of carboxylic acids is 1. The van der Waals surface area contributed by atoms with Crippen LogP contribution in [-0.2, 0) is 39.9 Å². The van der Waals surface area contributed by atoms with Gasteiger partial charge in [0.15, 0.2) is 0 Å². The topological polar surface area (TPSA) is 171 Å². The molecule has 0 heterocycles. The van der Waals surface area contributed by atoms with Gasteiger partial charge in [0.25, 0.3) is 0 Å². The summed E-state index contributed by atoms with van der Waals surface area (Å²) in [5, 5.41) is 9.78. The molecule has 1 aromatic rings. The molecule has 0 fully saturated rings. The molecule has 2 atom stereocenters. The Balaban J connectivity index is 0.00000181. The van der Waals surface area contributed by atoms with Crippen LogP contribution >= 0.6 is 0 Å². The highest BCUT2D eigenvalue weighted by atomic mass is 19.4. The first-order chi connectivity index (χ1) is 17.9. The molecule has 218 valence electrons. The maximum atomic E-state index is 12.5. The number of amides is 1. The molecule has 11 nitrogen and oxygen atoms in total. The zero-order valence-corrected chi connectivity index (χ0v) is 22.2. The van der Waals surface area contributed by atoms with Crippen LogP contribution in [0.15, 0.2) is 36.4 Å². The second-order valence-corrected chi connectivity index (χ2v) is 8.71. The molecule has 0 aliphatic rings. The Kier molecular flexibility index (Phi) is 14.5. The summed E-state index contributed by atoms with van der Waals surface area (Å²) in [6, 6.07) is 4.71. The smallest absolute Gasteiger partial charge is 0.475 e. The van der Waals surface area contributed by atoms with E-state index < -0.39 is 48.0 Å². The van der Waals surface area contributed by atoms with Crippen LogP contribution in [0.1, 0.15) is 39.7 Å². The highest BCUT2D eigenvalue weighted by Gasteiger charge is 2.38. The van der Waals surface area contributed by atoms with Crippen molar-refractivity contribution in [2.75, 3.05) is 7.11 Å². The first kappa shape index (κ1) is 35.1. The molecule has 14 heteroatoms. The predicted octanol–water partition coefficient (Wildman–Crippen LogP) is 2.31. The number of nitrogens with two attached hydrogens (primary N) is 1. The van der Waals surface area contributed by atoms with Crippen LogP contribution in [0.25, 0.3) is 0 Å². The van der Waals surface area contributed by atoms with Crippen LogP contribution in [0.4, 0.5) is 13.2 Å². The largest absolute Gasteiger partial charge is 0.490 e. The van der Waals surface area contributed by atoms with E-state index in [1.54, 1.807) is 38.1 Å². The van der Waals surface area contributed by atoms with Crippen LogP contribution in [-0.4, -0.2) is 66.4 Å². The van der Waals surface area contributed by atoms with Gasteiger partial charge in [-0.2, -0.15) is 13.2 Å². The Morgan fingerprint density at radius 1 is 1.05 bits per heavy atom. The number of halogens is 3. The number of ether oxygens (including phenoxy) is 3. The number of benzene rings is 1. The number of aliphatic carboxylic acids is 1. The minimum absolute atomic E-state index is 0.0176. The third-order valence-corrected chi connectivity index (χ3v) is 4.64. The summed E-state index contributed by atoms with van der Waals surface area (Å²) >= 11 is 0. The standard InChI is InChI=1S/C23H32N2O7.C2HF3O2/c1-13(2)20(24)21(27)25-18(23(29)31-14(3)4)12-16-7-9-17(10-8-16)32-19(26)11-15(5)22(28)30-6;3-2(4,5)1(6)7/h7-10,13-14,18,20H,5,11-12,24H2,1-4,6H3,(H,25,27);(H,6,7)/t18-,20-;/m0./s1. The van der Waals surface area contributed by atoms with Gasteiger partial charge in [-0.15, -0.1) is 0 Å². The Morgan fingerprint density at radius 3 is 1.97 bits per heavy atom. The maximum Gasteiger partial charge on any atom is 0.490 e. The van der Waals surface area contributed by atoms with Crippen molar-refractivity contribution in [3.05, 3.63) is 42.0 Å². The summed E-state index contributed by atoms with van der Waals surface area (Å²) in [4.78, 5) is 57.0. The lowest BCUT2D eigenvalue weighted by atomic mass is 10.0. The molecule has 1 amide bonds. The highest BCUT2D eigenvalue weighted by molar-refractivity contribution is 5.93. The number of methoxy groups -OCH3 is 1. The third-order valence-electron chi connectivity index (χ3n) is 4.64. The maximum absolute atomic E-state index is 12.5. The monoisotopic (exact) mass is 562 g/mol. The third kappa shape index (κ3) is 14.0. The SMILES string of the molecule is C=C(CC(=O)Oc1ccc(C[C@H](NC(=O)[C@@H](N)C(C)C)C(=O)OC(C)C)cc1)C(=O)OC.O=C(O)C(F)(F)F. The van der Waals surface area contributed by atoms with Crippen molar-refractivity contribution in [1.82, 2.24) is 5.32 Å². The van der Waals surface area contributed by atoms with Crippen LogP contribution in [0, 0.1) is 5.92 Å². The fourth-order valence-corrected chi connectivity index (χ4v) is 2.57. The lowest BCUT2D eigenvalue weighted by molar-refractivity contribution is -0.192. The van der Waals surface area contributed by atoms with E-state index in [0.717, 1.165) is 0 Å². The second kappa shape index (κ2) is 16.1. The molecule has 1 rings (SSSR count). The van der Waals surface area contributed by atoms with Crippen molar-refractivity contribution in [3.8, 4) is 5.75 Å². The van der Waals surface area contributed by atoms with Gasteiger partial charge < -0.3 is 30.4 Å². The van der Waals surface area contributed by atoms with Gasteiger partial charge in [0.2, 0.25) is 5.91 Å². The number of rotatable bonds is 11. The van der Waals surface area contributed by atoms with Gasteiger partial charge in [-0.1, -0.05) is 32.6 Å². The molecule has 0 bridgehead atoms. The zero-order valence-electron chi connectivity index (χ0n) is 22.2. The van der Waals surface area contributed by atoms with Crippen molar-refractivity contribution in [2.45, 2.75) is 64.9 Å². The van der Waals surface area contributed by atoms with Crippen molar-refractivity contribution in [1.29, 1.82) is 0 Å². The van der Waals surface area contributed by atoms with E-state index in [2.05, 4.69) is 16.6 Å². The molecule has 0 aliphatic carbocycles. The van der Waals surface area contributed by atoms with E-state index >= 15 is 0 Å². The lowest BCUT2D eigenvalue weighted by Gasteiger charge is -2.22. The Hall–Kier alpha value is -3.94. The van der Waals surface area contributed by atoms with Crippen LogP contribution < -0.4 is 15.8 Å². The van der Waals surface area contributed by atoms with E-state index in [1.807, 2.05) is 13.8 Å². The van der Waals surface area contributed by atoms with Gasteiger partial charge in [-0.25, -0.2) is 14.4 Å². The summed E-state index contributed by atoms with van der Waals surface area (Å²) in [6.07, 6.45) is -5.57. The number of carboxylic acid groups (broad SMARTS) is 1. The molecule has 0 saturated heterocycles. The van der Waals surface area contributed by atoms with Gasteiger partial charge in [0, 0.05) is 12.0 Å². The summed E-state index contributed by atoms with van der Waals surface area (Å²) in [5.74, 6) is -4.96. The Bertz CT molecular complexity index is 1020. The van der Waals surface area contributed by atoms with E-state index in [0.29, 0.717) is 5.56 Å². The quantitative estimate of drug-likeness (QED) is 0.206. The number of hydrogen-bond donors (Lipinski definition) is 3. The highest BCUT2D eigenvalue weighted by Crippen LogP contribution is 2.16. The number of alkyl halides is 3. The molecule has 0 aromatic heterocycles. The van der Waals surface area contributed by atoms with Crippen LogP contribution in [0.3, 0.4) is 0 Å². The van der Waals surface area contributed by atoms with Crippen molar-refractivity contribution in [3.63, 3.8) is 0 Å². The first-order valence-electron chi connectivity index (χ1n) is 11.5. The first-order valence-corrected chi connectivity index (χ1v) is 11.5. The van der Waals surface area contributed by atoms with E-state index in [9.17, 15) is 32.3 Å². The molecule has 0 spiro atoms. The molecule has 39 heavy (non-hydrogen) atoms. The molecule has 0 unspecified atom stereocenters. The van der Waals surface area contributed by atoms with Crippen molar-refractivity contribution >= 4 is 29.8 Å². The molecular formula is C25H33F3N2O9. The zero-order chi connectivity index (χ0) is 30.5. The van der Waals surface area contributed by atoms with Gasteiger partial charge >= 0.3 is 30.1 Å². The van der Waals surface area contributed by atoms with Crippen LogP contribution in [0.2, 0.25) is 0 Å². The summed E-state index contributed by atoms with van der Waals surface area (Å²) in [5.41, 5.74) is 6.57. The number of carbonyl (C=O) groups excluding carboxylic acids is 4. The number of carbonyl (C=O) groups is 5. The molecule has 0 aliphatic heterocycles. The average molecular weight is 563 g/mol. The van der Waals surface area contributed by atoms with Crippen LogP contribution in [0.5, 0.6) is 5.75 Å². The summed E-state index contributed by atoms with van der Waals surface area (Å²) in [6.45, 7) is 10.5. The summed E-state index contributed by atoms with van der Waals surface area (Å²) in [7, 11) is 1.20. The normalized spacial score (nSPS) is 12.4. The fourth-order valence-electron chi connectivity index (χ4n) is 2.57.